The molecule has 5 aromatic rings. The van der Waals surface area contributed by atoms with Crippen molar-refractivity contribution in [2.75, 3.05) is 0 Å². The van der Waals surface area contributed by atoms with Gasteiger partial charge in [-0.2, -0.15) is 0 Å². The molecule has 0 saturated carbocycles. The van der Waals surface area contributed by atoms with Crippen LogP contribution < -0.4 is 5.32 Å². The van der Waals surface area contributed by atoms with Crippen LogP contribution in [-0.4, -0.2) is 21.8 Å². The predicted molar refractivity (Wildman–Crippen MR) is 102 cm³/mol. The van der Waals surface area contributed by atoms with E-state index in [-0.39, 0.29) is 11.8 Å². The molecule has 5 nitrogen and oxygen atoms in total. The Morgan fingerprint density at radius 2 is 1.35 bits per heavy atom. The van der Waals surface area contributed by atoms with Crippen molar-refractivity contribution < 1.29 is 9.59 Å². The number of benzene rings is 3. The number of imide groups is 1. The number of carbonyl (C=O) groups excluding carboxylic acids is 2. The monoisotopic (exact) mass is 339 g/mol. The Kier molecular flexibility index (Phi) is 2.27. The van der Waals surface area contributed by atoms with E-state index in [9.17, 15) is 9.59 Å². The molecule has 0 unspecified atom stereocenters. The molecule has 1 aliphatic rings. The average Bonchev–Trinajstić information content (AvgIpc) is 3.27. The summed E-state index contributed by atoms with van der Waals surface area (Å²) in [6.45, 7) is 2.03. The molecule has 3 aromatic carbocycles. The number of fused-ring (bicyclic) bond motifs is 10. The fraction of sp³-hybridized carbons (Fsp3) is 0.0476. The van der Waals surface area contributed by atoms with Gasteiger partial charge in [-0.05, 0) is 18.6 Å². The predicted octanol–water partition coefficient (Wildman–Crippen LogP) is 4.15. The molecule has 0 spiro atoms. The normalized spacial score (nSPS) is 14.0. The Morgan fingerprint density at radius 3 is 2.15 bits per heavy atom. The van der Waals surface area contributed by atoms with Crippen LogP contribution in [0.25, 0.3) is 43.6 Å². The quantitative estimate of drug-likeness (QED) is 0.371. The molecule has 0 radical (unpaired) electrons. The van der Waals surface area contributed by atoms with E-state index in [1.807, 2.05) is 49.4 Å². The van der Waals surface area contributed by atoms with Gasteiger partial charge >= 0.3 is 0 Å². The molecule has 3 heterocycles. The molecule has 0 fully saturated rings. The summed E-state index contributed by atoms with van der Waals surface area (Å²) in [4.78, 5) is 32.2. The van der Waals surface area contributed by atoms with Crippen molar-refractivity contribution in [1.82, 2.24) is 15.3 Å². The number of aryl methyl sites for hydroxylation is 1. The van der Waals surface area contributed by atoms with E-state index >= 15 is 0 Å². The summed E-state index contributed by atoms with van der Waals surface area (Å²) in [7, 11) is 0. The third-order valence-corrected chi connectivity index (χ3v) is 5.43. The number of rotatable bonds is 0. The first-order chi connectivity index (χ1) is 12.6. The number of aromatic amines is 2. The molecule has 26 heavy (non-hydrogen) atoms. The number of carbonyl (C=O) groups is 2. The highest BCUT2D eigenvalue weighted by atomic mass is 16.2. The van der Waals surface area contributed by atoms with E-state index in [0.29, 0.717) is 11.1 Å². The van der Waals surface area contributed by atoms with Crippen molar-refractivity contribution in [3.63, 3.8) is 0 Å². The van der Waals surface area contributed by atoms with Gasteiger partial charge in [0.15, 0.2) is 0 Å². The van der Waals surface area contributed by atoms with Gasteiger partial charge in [0.2, 0.25) is 0 Å². The molecule has 2 aromatic heterocycles. The Labute approximate surface area is 147 Å². The molecule has 0 saturated heterocycles. The lowest BCUT2D eigenvalue weighted by Gasteiger charge is -2.02. The van der Waals surface area contributed by atoms with Gasteiger partial charge in [-0.15, -0.1) is 0 Å². The highest BCUT2D eigenvalue weighted by molar-refractivity contribution is 6.39. The van der Waals surface area contributed by atoms with E-state index in [4.69, 9.17) is 0 Å². The van der Waals surface area contributed by atoms with Crippen LogP contribution in [0.4, 0.5) is 0 Å². The third kappa shape index (κ3) is 1.43. The molecular formula is C21H13N3O2. The molecule has 0 atom stereocenters. The molecule has 2 amide bonds. The highest BCUT2D eigenvalue weighted by Crippen LogP contribution is 2.42. The first-order valence-electron chi connectivity index (χ1n) is 8.48. The highest BCUT2D eigenvalue weighted by Gasteiger charge is 2.34. The zero-order chi connectivity index (χ0) is 17.6. The lowest BCUT2D eigenvalue weighted by Crippen LogP contribution is -2.20. The number of hydrogen-bond acceptors (Lipinski definition) is 2. The van der Waals surface area contributed by atoms with Gasteiger partial charge in [0.1, 0.15) is 0 Å². The van der Waals surface area contributed by atoms with Crippen molar-refractivity contribution in [3.8, 4) is 0 Å². The van der Waals surface area contributed by atoms with E-state index in [0.717, 1.165) is 49.2 Å². The first kappa shape index (κ1) is 13.7. The van der Waals surface area contributed by atoms with Gasteiger partial charge in [-0.1, -0.05) is 36.4 Å². The fourth-order valence-corrected chi connectivity index (χ4v) is 4.33. The minimum absolute atomic E-state index is 0.329. The van der Waals surface area contributed by atoms with Crippen LogP contribution in [-0.2, 0) is 0 Å². The molecular weight excluding hydrogens is 326 g/mol. The van der Waals surface area contributed by atoms with E-state index in [2.05, 4.69) is 15.3 Å². The molecule has 3 N–H and O–H groups in total. The van der Waals surface area contributed by atoms with E-state index in [1.54, 1.807) is 0 Å². The second-order valence-corrected chi connectivity index (χ2v) is 6.83. The van der Waals surface area contributed by atoms with Gasteiger partial charge in [-0.25, -0.2) is 0 Å². The molecule has 1 aliphatic heterocycles. The summed E-state index contributed by atoms with van der Waals surface area (Å²) < 4.78 is 0. The van der Waals surface area contributed by atoms with Crippen LogP contribution in [0.1, 0.15) is 26.3 Å². The van der Waals surface area contributed by atoms with Crippen LogP contribution in [0.5, 0.6) is 0 Å². The summed E-state index contributed by atoms with van der Waals surface area (Å²) in [5.74, 6) is -0.659. The number of H-pyrrole nitrogens is 2. The minimum Gasteiger partial charge on any atom is -0.353 e. The van der Waals surface area contributed by atoms with Crippen LogP contribution in [0.3, 0.4) is 0 Å². The van der Waals surface area contributed by atoms with Crippen molar-refractivity contribution in [2.45, 2.75) is 6.92 Å². The smallest absolute Gasteiger partial charge is 0.259 e. The summed E-state index contributed by atoms with van der Waals surface area (Å²) in [6.07, 6.45) is 0. The van der Waals surface area contributed by atoms with Crippen LogP contribution in [0.15, 0.2) is 42.5 Å². The van der Waals surface area contributed by atoms with Crippen LogP contribution >= 0.6 is 0 Å². The molecule has 5 heteroatoms. The Morgan fingerprint density at radius 1 is 0.692 bits per heavy atom. The number of amides is 2. The van der Waals surface area contributed by atoms with Crippen LogP contribution in [0.2, 0.25) is 0 Å². The lowest BCUT2D eigenvalue weighted by molar-refractivity contribution is 0.0880. The SMILES string of the molecule is Cc1cccc2c1[nH]c1c3[nH]c4ccccc4c3c3c(c21)C(=O)NC3=O. The van der Waals surface area contributed by atoms with Crippen molar-refractivity contribution in [2.24, 2.45) is 0 Å². The number of para-hydroxylation sites is 2. The maximum Gasteiger partial charge on any atom is 0.259 e. The largest absolute Gasteiger partial charge is 0.353 e. The van der Waals surface area contributed by atoms with Gasteiger partial charge < -0.3 is 9.97 Å². The first-order valence-corrected chi connectivity index (χ1v) is 8.48. The second kappa shape index (κ2) is 4.32. The average molecular weight is 339 g/mol. The second-order valence-electron chi connectivity index (χ2n) is 6.83. The van der Waals surface area contributed by atoms with Crippen molar-refractivity contribution in [1.29, 1.82) is 0 Å². The minimum atomic E-state index is -0.330. The Bertz CT molecular complexity index is 1450. The zero-order valence-electron chi connectivity index (χ0n) is 13.9. The van der Waals surface area contributed by atoms with Gasteiger partial charge in [0.05, 0.1) is 22.2 Å². The van der Waals surface area contributed by atoms with Gasteiger partial charge in [-0.3, -0.25) is 14.9 Å². The standard InChI is InChI=1S/C21H13N3O2/c1-9-5-4-7-11-14-16-15(20(25)24-21(16)26)13-10-6-2-3-8-12(10)22-18(13)19(14)23-17(9)11/h2-8,22-23H,1H3,(H,24,25,26). The molecule has 0 bridgehead atoms. The summed E-state index contributed by atoms with van der Waals surface area (Å²) in [5.41, 5.74) is 5.70. The summed E-state index contributed by atoms with van der Waals surface area (Å²) >= 11 is 0. The van der Waals surface area contributed by atoms with E-state index in [1.165, 1.54) is 0 Å². The van der Waals surface area contributed by atoms with Crippen molar-refractivity contribution >= 4 is 55.4 Å². The maximum absolute atomic E-state index is 12.7. The summed E-state index contributed by atoms with van der Waals surface area (Å²) in [5, 5.41) is 6.00. The van der Waals surface area contributed by atoms with Gasteiger partial charge in [0, 0.05) is 32.6 Å². The lowest BCUT2D eigenvalue weighted by atomic mass is 9.96. The Balaban J connectivity index is 2.03. The number of aromatic nitrogens is 2. The molecule has 124 valence electrons. The van der Waals surface area contributed by atoms with Crippen molar-refractivity contribution in [3.05, 3.63) is 59.2 Å². The zero-order valence-corrected chi connectivity index (χ0v) is 13.9. The Hall–Kier alpha value is -3.60. The van der Waals surface area contributed by atoms with Gasteiger partial charge in [0.25, 0.3) is 11.8 Å². The molecule has 0 aliphatic carbocycles. The number of nitrogens with one attached hydrogen (secondary N) is 3. The third-order valence-electron chi connectivity index (χ3n) is 5.43. The topological polar surface area (TPSA) is 77.8 Å². The fourth-order valence-electron chi connectivity index (χ4n) is 4.33. The van der Waals surface area contributed by atoms with Crippen LogP contribution in [0, 0.1) is 6.92 Å². The number of hydrogen-bond donors (Lipinski definition) is 3. The maximum atomic E-state index is 12.7. The molecule has 6 rings (SSSR count). The van der Waals surface area contributed by atoms with E-state index < -0.39 is 0 Å². The summed E-state index contributed by atoms with van der Waals surface area (Å²) in [6, 6.07) is 13.9.